The molecule has 7 heteroatoms. The molecule has 0 atom stereocenters. The molecule has 6 nitrogen and oxygen atoms in total. The molecule has 0 spiro atoms. The van der Waals surface area contributed by atoms with Gasteiger partial charge in [0, 0.05) is 6.20 Å². The molecule has 0 saturated heterocycles. The van der Waals surface area contributed by atoms with Crippen molar-refractivity contribution < 1.29 is 17.9 Å². The number of esters is 1. The molecule has 1 aromatic rings. The van der Waals surface area contributed by atoms with Gasteiger partial charge in [0.15, 0.2) is 0 Å². The minimum absolute atomic E-state index is 0.186. The van der Waals surface area contributed by atoms with Gasteiger partial charge in [-0.05, 0) is 6.07 Å². The summed E-state index contributed by atoms with van der Waals surface area (Å²) in [5.41, 5.74) is 0.409. The monoisotopic (exact) mass is 230 g/mol. The van der Waals surface area contributed by atoms with Crippen molar-refractivity contribution in [3.05, 3.63) is 24.0 Å². The quantitative estimate of drug-likeness (QED) is 0.752. The van der Waals surface area contributed by atoms with E-state index in [1.54, 1.807) is 0 Å². The molecule has 1 rings (SSSR count). The summed E-state index contributed by atoms with van der Waals surface area (Å²) in [5.74, 6) is -0.570. The number of hydrogen-bond acceptors (Lipinski definition) is 5. The van der Waals surface area contributed by atoms with Gasteiger partial charge in [0.25, 0.3) is 0 Å². The number of methoxy groups -OCH3 is 1. The molecule has 0 aromatic carbocycles. The molecule has 0 aliphatic carbocycles. The summed E-state index contributed by atoms with van der Waals surface area (Å²) < 4.78 is 28.5. The maximum absolute atomic E-state index is 11.1. The van der Waals surface area contributed by atoms with E-state index in [0.717, 1.165) is 6.26 Å². The highest BCUT2D eigenvalue weighted by Crippen LogP contribution is 2.10. The minimum Gasteiger partial charge on any atom is -0.465 e. The summed E-state index contributed by atoms with van der Waals surface area (Å²) in [6.07, 6.45) is 3.60. The Labute approximate surface area is 87.3 Å². The molecule has 1 heterocycles. The first-order valence-electron chi connectivity index (χ1n) is 3.93. The predicted molar refractivity (Wildman–Crippen MR) is 54.0 cm³/mol. The fraction of sp³-hybridized carbons (Fsp3) is 0.250. The van der Waals surface area contributed by atoms with Crippen LogP contribution in [-0.2, 0) is 14.8 Å². The highest BCUT2D eigenvalue weighted by atomic mass is 32.2. The zero-order valence-electron chi connectivity index (χ0n) is 8.22. The Kier molecular flexibility index (Phi) is 3.25. The predicted octanol–water partition coefficient (Wildman–Crippen LogP) is 0.240. The van der Waals surface area contributed by atoms with Gasteiger partial charge in [0.1, 0.15) is 0 Å². The zero-order valence-corrected chi connectivity index (χ0v) is 9.04. The van der Waals surface area contributed by atoms with Crippen LogP contribution in [0.5, 0.6) is 0 Å². The highest BCUT2D eigenvalue weighted by Gasteiger charge is 2.08. The average Bonchev–Trinajstić information content (AvgIpc) is 2.14. The van der Waals surface area contributed by atoms with Crippen LogP contribution in [0.1, 0.15) is 10.4 Å². The third kappa shape index (κ3) is 3.55. The number of rotatable bonds is 3. The van der Waals surface area contributed by atoms with Gasteiger partial charge in [-0.2, -0.15) is 0 Å². The second-order valence-electron chi connectivity index (χ2n) is 2.83. The molecule has 0 bridgehead atoms. The lowest BCUT2D eigenvalue weighted by Gasteiger charge is -2.04. The number of hydrogen-bond donors (Lipinski definition) is 1. The van der Waals surface area contributed by atoms with Crippen LogP contribution in [-0.4, -0.2) is 32.7 Å². The molecule has 0 fully saturated rings. The smallest absolute Gasteiger partial charge is 0.339 e. The van der Waals surface area contributed by atoms with Crippen molar-refractivity contribution in [3.63, 3.8) is 0 Å². The summed E-state index contributed by atoms with van der Waals surface area (Å²) >= 11 is 0. The lowest BCUT2D eigenvalue weighted by Crippen LogP contribution is -2.11. The highest BCUT2D eigenvalue weighted by molar-refractivity contribution is 7.92. The molecule has 0 aliphatic rings. The Hall–Kier alpha value is -1.63. The number of anilines is 1. The molecule has 0 radical (unpaired) electrons. The number of aromatic nitrogens is 1. The van der Waals surface area contributed by atoms with Crippen molar-refractivity contribution in [1.29, 1.82) is 0 Å². The fourth-order valence-corrected chi connectivity index (χ4v) is 1.48. The van der Waals surface area contributed by atoms with Crippen LogP contribution in [0.15, 0.2) is 18.5 Å². The van der Waals surface area contributed by atoms with E-state index in [-0.39, 0.29) is 11.3 Å². The summed E-state index contributed by atoms with van der Waals surface area (Å²) in [4.78, 5) is 14.8. The first kappa shape index (κ1) is 11.4. The molecule has 0 saturated carbocycles. The van der Waals surface area contributed by atoms with E-state index >= 15 is 0 Å². The minimum atomic E-state index is -3.37. The lowest BCUT2D eigenvalue weighted by atomic mass is 10.3. The lowest BCUT2D eigenvalue weighted by molar-refractivity contribution is 0.0600. The van der Waals surface area contributed by atoms with Crippen LogP contribution in [0, 0.1) is 0 Å². The fourth-order valence-electron chi connectivity index (χ4n) is 0.939. The van der Waals surface area contributed by atoms with Crippen molar-refractivity contribution in [2.45, 2.75) is 0 Å². The Morgan fingerprint density at radius 1 is 1.47 bits per heavy atom. The Balaban J connectivity index is 2.98. The standard InChI is InChI=1S/C8H10N2O4S/c1-14-8(11)6-3-7(5-9-4-6)10-15(2,12)13/h3-5,10H,1-2H3. The van der Waals surface area contributed by atoms with E-state index in [4.69, 9.17) is 0 Å². The molecule has 1 aromatic heterocycles. The number of carbonyl (C=O) groups is 1. The van der Waals surface area contributed by atoms with E-state index in [0.29, 0.717) is 0 Å². The van der Waals surface area contributed by atoms with Gasteiger partial charge in [-0.25, -0.2) is 13.2 Å². The van der Waals surface area contributed by atoms with Crippen LogP contribution in [0.4, 0.5) is 5.69 Å². The van der Waals surface area contributed by atoms with Gasteiger partial charge in [0.05, 0.1) is 30.8 Å². The number of nitrogens with zero attached hydrogens (tertiary/aromatic N) is 1. The van der Waals surface area contributed by atoms with Gasteiger partial charge >= 0.3 is 5.97 Å². The topological polar surface area (TPSA) is 85.4 Å². The number of pyridine rings is 1. The van der Waals surface area contributed by atoms with Gasteiger partial charge < -0.3 is 4.74 Å². The molecule has 0 aliphatic heterocycles. The maximum atomic E-state index is 11.1. The van der Waals surface area contributed by atoms with E-state index in [1.165, 1.54) is 25.6 Å². The molecule has 15 heavy (non-hydrogen) atoms. The van der Waals surface area contributed by atoms with E-state index in [9.17, 15) is 13.2 Å². The van der Waals surface area contributed by atoms with Gasteiger partial charge in [0.2, 0.25) is 10.0 Å². The van der Waals surface area contributed by atoms with Crippen molar-refractivity contribution in [1.82, 2.24) is 4.98 Å². The largest absolute Gasteiger partial charge is 0.465 e. The molecular weight excluding hydrogens is 220 g/mol. The van der Waals surface area contributed by atoms with Crippen LogP contribution >= 0.6 is 0 Å². The van der Waals surface area contributed by atoms with Crippen molar-refractivity contribution >= 4 is 21.7 Å². The van der Waals surface area contributed by atoms with Crippen LogP contribution in [0.25, 0.3) is 0 Å². The number of carbonyl (C=O) groups excluding carboxylic acids is 1. The van der Waals surface area contributed by atoms with Crippen molar-refractivity contribution in [2.75, 3.05) is 18.1 Å². The summed E-state index contributed by atoms with van der Waals surface area (Å²) in [5, 5.41) is 0. The second-order valence-corrected chi connectivity index (χ2v) is 4.58. The number of sulfonamides is 1. The first-order valence-corrected chi connectivity index (χ1v) is 5.82. The van der Waals surface area contributed by atoms with E-state index in [2.05, 4.69) is 14.4 Å². The summed E-state index contributed by atoms with van der Waals surface area (Å²) in [7, 11) is -2.13. The zero-order chi connectivity index (χ0) is 11.5. The van der Waals surface area contributed by atoms with Gasteiger partial charge in [-0.15, -0.1) is 0 Å². The molecular formula is C8H10N2O4S. The Bertz CT molecular complexity index is 469. The van der Waals surface area contributed by atoms with Crippen molar-refractivity contribution in [2.24, 2.45) is 0 Å². The first-order chi connectivity index (χ1) is 6.92. The van der Waals surface area contributed by atoms with Gasteiger partial charge in [-0.1, -0.05) is 0 Å². The normalized spacial score (nSPS) is 10.8. The molecule has 0 amide bonds. The van der Waals surface area contributed by atoms with Crippen LogP contribution in [0.3, 0.4) is 0 Å². The van der Waals surface area contributed by atoms with E-state index < -0.39 is 16.0 Å². The number of nitrogens with one attached hydrogen (secondary N) is 1. The molecule has 1 N–H and O–H groups in total. The summed E-state index contributed by atoms with van der Waals surface area (Å²) in [6.45, 7) is 0. The third-order valence-electron chi connectivity index (χ3n) is 1.46. The maximum Gasteiger partial charge on any atom is 0.339 e. The summed E-state index contributed by atoms with van der Waals surface area (Å²) in [6, 6.07) is 1.35. The van der Waals surface area contributed by atoms with Gasteiger partial charge in [-0.3, -0.25) is 9.71 Å². The second kappa shape index (κ2) is 4.26. The van der Waals surface area contributed by atoms with E-state index in [1.807, 2.05) is 0 Å². The number of ether oxygens (including phenoxy) is 1. The van der Waals surface area contributed by atoms with Crippen molar-refractivity contribution in [3.8, 4) is 0 Å². The molecule has 0 unspecified atom stereocenters. The van der Waals surface area contributed by atoms with Crippen LogP contribution in [0.2, 0.25) is 0 Å². The SMILES string of the molecule is COC(=O)c1cncc(NS(C)(=O)=O)c1. The third-order valence-corrected chi connectivity index (χ3v) is 2.07. The molecule has 82 valence electrons. The average molecular weight is 230 g/mol. The Morgan fingerprint density at radius 2 is 2.13 bits per heavy atom. The van der Waals surface area contributed by atoms with Crippen LogP contribution < -0.4 is 4.72 Å². The Morgan fingerprint density at radius 3 is 2.67 bits per heavy atom.